The van der Waals surface area contributed by atoms with Crippen LogP contribution >= 0.6 is 0 Å². The number of benzene rings is 1. The molecule has 0 amide bonds. The Kier molecular flexibility index (Phi) is 4.44. The second kappa shape index (κ2) is 5.47. The molecule has 0 saturated heterocycles. The van der Waals surface area contributed by atoms with Crippen molar-refractivity contribution in [3.8, 4) is 0 Å². The van der Waals surface area contributed by atoms with Crippen LogP contribution in [0, 0.1) is 27.7 Å². The van der Waals surface area contributed by atoms with E-state index in [0.29, 0.717) is 0 Å². The first-order valence-corrected chi connectivity index (χ1v) is 6.39. The Morgan fingerprint density at radius 3 is 0.944 bits per heavy atom. The van der Waals surface area contributed by atoms with Gasteiger partial charge in [-0.2, -0.15) is 0 Å². The summed E-state index contributed by atoms with van der Waals surface area (Å²) in [4.78, 5) is 9.34. The second-order valence-corrected chi connectivity index (χ2v) is 5.32. The van der Waals surface area contributed by atoms with E-state index in [4.69, 9.17) is 0 Å². The molecular weight excluding hydrogens is 220 g/mol. The molecule has 1 aromatic rings. The largest absolute Gasteiger partial charge is 0.258 e. The average Bonchev–Trinajstić information content (AvgIpc) is 2.27. The van der Waals surface area contributed by atoms with E-state index in [1.54, 1.807) is 0 Å². The fraction of sp³-hybridized carbons (Fsp3) is 0.500. The van der Waals surface area contributed by atoms with E-state index in [1.165, 1.54) is 22.3 Å². The Labute approximate surface area is 111 Å². The monoisotopic (exact) mass is 244 g/mol. The Morgan fingerprint density at radius 1 is 0.556 bits per heavy atom. The Bertz CT molecular complexity index is 449. The van der Waals surface area contributed by atoms with Crippen LogP contribution in [0.5, 0.6) is 0 Å². The highest BCUT2D eigenvalue weighted by atomic mass is 14.8. The van der Waals surface area contributed by atoms with Gasteiger partial charge in [0.05, 0.1) is 11.4 Å². The van der Waals surface area contributed by atoms with Gasteiger partial charge >= 0.3 is 0 Å². The summed E-state index contributed by atoms with van der Waals surface area (Å²) >= 11 is 0. The molecule has 0 atom stereocenters. The minimum Gasteiger partial charge on any atom is -0.258 e. The molecule has 0 aliphatic heterocycles. The summed E-state index contributed by atoms with van der Waals surface area (Å²) in [7, 11) is 0. The zero-order valence-corrected chi connectivity index (χ0v) is 12.9. The normalized spacial score (nSPS) is 10.2. The molecule has 0 aliphatic rings. The van der Waals surface area contributed by atoms with Crippen molar-refractivity contribution in [3.63, 3.8) is 0 Å². The van der Waals surface area contributed by atoms with Crippen molar-refractivity contribution in [1.82, 2.24) is 0 Å². The van der Waals surface area contributed by atoms with E-state index in [9.17, 15) is 0 Å². The molecular formula is C16H24N2. The van der Waals surface area contributed by atoms with E-state index < -0.39 is 0 Å². The van der Waals surface area contributed by atoms with Gasteiger partial charge in [0.2, 0.25) is 0 Å². The highest BCUT2D eigenvalue weighted by molar-refractivity contribution is 5.86. The second-order valence-electron chi connectivity index (χ2n) is 5.32. The van der Waals surface area contributed by atoms with Crippen molar-refractivity contribution < 1.29 is 0 Å². The van der Waals surface area contributed by atoms with Crippen molar-refractivity contribution >= 4 is 22.8 Å². The Morgan fingerprint density at radius 2 is 0.778 bits per heavy atom. The topological polar surface area (TPSA) is 24.7 Å². The SMILES string of the molecule is CC(C)=Nc1c(C)c(C)c(N=C(C)C)c(C)c1C. The molecule has 1 aromatic carbocycles. The van der Waals surface area contributed by atoms with Gasteiger partial charge in [0, 0.05) is 11.4 Å². The number of hydrogen-bond acceptors (Lipinski definition) is 2. The number of hydrogen-bond donors (Lipinski definition) is 0. The molecule has 0 unspecified atom stereocenters. The summed E-state index contributed by atoms with van der Waals surface area (Å²) in [5.41, 5.74) is 9.33. The zero-order valence-electron chi connectivity index (χ0n) is 12.9. The molecule has 18 heavy (non-hydrogen) atoms. The molecule has 2 heteroatoms. The van der Waals surface area contributed by atoms with Gasteiger partial charge < -0.3 is 0 Å². The zero-order chi connectivity index (χ0) is 14.0. The van der Waals surface area contributed by atoms with Crippen LogP contribution in [0.2, 0.25) is 0 Å². The summed E-state index contributed by atoms with van der Waals surface area (Å²) in [6.45, 7) is 16.7. The van der Waals surface area contributed by atoms with Gasteiger partial charge in [-0.1, -0.05) is 0 Å². The lowest BCUT2D eigenvalue weighted by Gasteiger charge is -2.16. The van der Waals surface area contributed by atoms with E-state index in [-0.39, 0.29) is 0 Å². The molecule has 2 nitrogen and oxygen atoms in total. The summed E-state index contributed by atoms with van der Waals surface area (Å²) in [5.74, 6) is 0. The number of rotatable bonds is 2. The lowest BCUT2D eigenvalue weighted by molar-refractivity contribution is 1.20. The molecule has 0 aliphatic carbocycles. The first-order chi connectivity index (χ1) is 8.25. The van der Waals surface area contributed by atoms with E-state index in [0.717, 1.165) is 22.8 Å². The van der Waals surface area contributed by atoms with Gasteiger partial charge in [-0.25, -0.2) is 0 Å². The van der Waals surface area contributed by atoms with Crippen LogP contribution in [-0.4, -0.2) is 11.4 Å². The van der Waals surface area contributed by atoms with Gasteiger partial charge in [0.25, 0.3) is 0 Å². The lowest BCUT2D eigenvalue weighted by atomic mass is 9.96. The smallest absolute Gasteiger partial charge is 0.0693 e. The van der Waals surface area contributed by atoms with Crippen molar-refractivity contribution in [1.29, 1.82) is 0 Å². The highest BCUT2D eigenvalue weighted by Gasteiger charge is 2.13. The summed E-state index contributed by atoms with van der Waals surface area (Å²) in [6, 6.07) is 0. The van der Waals surface area contributed by atoms with Gasteiger partial charge in [0.1, 0.15) is 0 Å². The molecule has 98 valence electrons. The molecule has 0 heterocycles. The Balaban J connectivity index is 3.66. The first kappa shape index (κ1) is 14.6. The van der Waals surface area contributed by atoms with Crippen molar-refractivity contribution in [3.05, 3.63) is 22.3 Å². The third kappa shape index (κ3) is 2.87. The summed E-state index contributed by atoms with van der Waals surface area (Å²) in [6.07, 6.45) is 0. The molecule has 0 saturated carbocycles. The molecule has 0 radical (unpaired) electrons. The standard InChI is InChI=1S/C16H24N2/c1-9(2)17-15-11(5)13(7)16(18-10(3)4)14(8)12(15)6/h1-8H3. The van der Waals surface area contributed by atoms with Crippen LogP contribution < -0.4 is 0 Å². The van der Waals surface area contributed by atoms with Crippen molar-refractivity contribution in [2.24, 2.45) is 9.98 Å². The molecule has 0 fully saturated rings. The van der Waals surface area contributed by atoms with Gasteiger partial charge in [0.15, 0.2) is 0 Å². The fourth-order valence-corrected chi connectivity index (χ4v) is 2.06. The predicted molar refractivity (Wildman–Crippen MR) is 82.3 cm³/mol. The minimum absolute atomic E-state index is 1.09. The average molecular weight is 244 g/mol. The maximum atomic E-state index is 4.67. The lowest BCUT2D eigenvalue weighted by Crippen LogP contribution is -1.95. The van der Waals surface area contributed by atoms with E-state index in [1.807, 2.05) is 27.7 Å². The quantitative estimate of drug-likeness (QED) is 0.643. The minimum atomic E-state index is 1.09. The van der Waals surface area contributed by atoms with Crippen LogP contribution in [0.15, 0.2) is 9.98 Å². The summed E-state index contributed by atoms with van der Waals surface area (Å²) < 4.78 is 0. The fourth-order valence-electron chi connectivity index (χ4n) is 2.06. The first-order valence-electron chi connectivity index (χ1n) is 6.39. The van der Waals surface area contributed by atoms with Gasteiger partial charge in [-0.05, 0) is 77.6 Å². The third-order valence-corrected chi connectivity index (χ3v) is 3.22. The van der Waals surface area contributed by atoms with Gasteiger partial charge in [-0.15, -0.1) is 0 Å². The van der Waals surface area contributed by atoms with E-state index in [2.05, 4.69) is 37.7 Å². The molecule has 0 N–H and O–H groups in total. The molecule has 0 aromatic heterocycles. The predicted octanol–water partition coefficient (Wildman–Crippen LogP) is 5.14. The highest BCUT2D eigenvalue weighted by Crippen LogP contribution is 2.37. The van der Waals surface area contributed by atoms with Crippen LogP contribution in [0.25, 0.3) is 0 Å². The molecule has 1 rings (SSSR count). The van der Waals surface area contributed by atoms with Gasteiger partial charge in [-0.3, -0.25) is 9.98 Å². The Hall–Kier alpha value is -1.44. The maximum absolute atomic E-state index is 4.67. The number of nitrogens with zero attached hydrogens (tertiary/aromatic N) is 2. The van der Waals surface area contributed by atoms with Crippen molar-refractivity contribution in [2.45, 2.75) is 55.4 Å². The van der Waals surface area contributed by atoms with E-state index >= 15 is 0 Å². The molecule has 0 spiro atoms. The molecule has 0 bridgehead atoms. The van der Waals surface area contributed by atoms with Crippen LogP contribution in [0.4, 0.5) is 11.4 Å². The maximum Gasteiger partial charge on any atom is 0.0693 e. The van der Waals surface area contributed by atoms with Crippen molar-refractivity contribution in [2.75, 3.05) is 0 Å². The number of aliphatic imine (C=N–C) groups is 2. The van der Waals surface area contributed by atoms with Crippen LogP contribution in [-0.2, 0) is 0 Å². The van der Waals surface area contributed by atoms with Crippen LogP contribution in [0.1, 0.15) is 49.9 Å². The summed E-state index contributed by atoms with van der Waals surface area (Å²) in [5, 5.41) is 0. The third-order valence-electron chi connectivity index (χ3n) is 3.22. The van der Waals surface area contributed by atoms with Crippen LogP contribution in [0.3, 0.4) is 0 Å².